The molecule has 178 valence electrons. The molecule has 0 unspecified atom stereocenters. The molecule has 0 saturated carbocycles. The van der Waals surface area contributed by atoms with Crippen LogP contribution < -0.4 is 20.9 Å². The minimum atomic E-state index is -0.333. The third-order valence-electron chi connectivity index (χ3n) is 5.63. The summed E-state index contributed by atoms with van der Waals surface area (Å²) in [5.41, 5.74) is 5.03. The summed E-state index contributed by atoms with van der Waals surface area (Å²) in [6, 6.07) is 22.1. The molecule has 0 aromatic heterocycles. The van der Waals surface area contributed by atoms with Gasteiger partial charge in [0, 0.05) is 42.6 Å². The van der Waals surface area contributed by atoms with E-state index in [1.165, 1.54) is 6.08 Å². The van der Waals surface area contributed by atoms with E-state index in [0.717, 1.165) is 41.0 Å². The van der Waals surface area contributed by atoms with Crippen molar-refractivity contribution in [2.45, 2.75) is 26.3 Å². The third-order valence-corrected chi connectivity index (χ3v) is 5.63. The molecule has 0 bridgehead atoms. The van der Waals surface area contributed by atoms with Crippen molar-refractivity contribution in [3.8, 4) is 0 Å². The molecule has 7 heteroatoms. The van der Waals surface area contributed by atoms with Gasteiger partial charge in [-0.1, -0.05) is 36.4 Å². The van der Waals surface area contributed by atoms with Gasteiger partial charge in [-0.05, 0) is 72.5 Å². The lowest BCUT2D eigenvalue weighted by Crippen LogP contribution is -2.23. The van der Waals surface area contributed by atoms with Gasteiger partial charge in [0.25, 0.3) is 0 Å². The maximum Gasteiger partial charge on any atom is 0.323 e. The minimum absolute atomic E-state index is 0.152. The number of benzene rings is 3. The molecule has 1 heterocycles. The Morgan fingerprint density at radius 3 is 2.34 bits per heavy atom. The van der Waals surface area contributed by atoms with Crippen LogP contribution in [0.4, 0.5) is 21.9 Å². The molecule has 0 aliphatic carbocycles. The van der Waals surface area contributed by atoms with Crippen molar-refractivity contribution in [1.82, 2.24) is 5.32 Å². The van der Waals surface area contributed by atoms with Gasteiger partial charge in [-0.25, -0.2) is 4.79 Å². The first-order valence-corrected chi connectivity index (χ1v) is 11.6. The second-order valence-electron chi connectivity index (χ2n) is 8.44. The molecule has 1 aliphatic rings. The standard InChI is InChI=1S/C28H28N4O3/c1-20-5-2-7-23(17-20)30-28(35)31-24-8-3-6-22(18-24)19-29-26(33)15-12-21-10-13-25(14-11-21)32-16-4-9-27(32)34/h2-3,5-8,10-15,17-18H,4,9,16,19H2,1H3,(H,29,33)(H2,30,31,35)/b15-12+. The predicted molar refractivity (Wildman–Crippen MR) is 139 cm³/mol. The Morgan fingerprint density at radius 2 is 1.66 bits per heavy atom. The van der Waals surface area contributed by atoms with Crippen LogP contribution in [0.5, 0.6) is 0 Å². The van der Waals surface area contributed by atoms with Gasteiger partial charge in [0.15, 0.2) is 0 Å². The summed E-state index contributed by atoms with van der Waals surface area (Å²) in [6.45, 7) is 3.04. The smallest absolute Gasteiger partial charge is 0.323 e. The van der Waals surface area contributed by atoms with Crippen LogP contribution in [-0.2, 0) is 16.1 Å². The number of carbonyl (C=O) groups is 3. The van der Waals surface area contributed by atoms with E-state index in [-0.39, 0.29) is 17.8 Å². The quantitative estimate of drug-likeness (QED) is 0.422. The zero-order valence-electron chi connectivity index (χ0n) is 19.6. The fourth-order valence-corrected chi connectivity index (χ4v) is 3.88. The molecule has 3 N–H and O–H groups in total. The minimum Gasteiger partial charge on any atom is -0.348 e. The third kappa shape index (κ3) is 6.80. The molecule has 3 aromatic carbocycles. The molecule has 4 rings (SSSR count). The number of carbonyl (C=O) groups excluding carboxylic acids is 3. The maximum atomic E-state index is 12.3. The molecular formula is C28H28N4O3. The average Bonchev–Trinajstić information content (AvgIpc) is 3.27. The summed E-state index contributed by atoms with van der Waals surface area (Å²) in [6.07, 6.45) is 4.70. The van der Waals surface area contributed by atoms with Crippen LogP contribution in [0.1, 0.15) is 29.5 Å². The zero-order valence-corrected chi connectivity index (χ0v) is 19.6. The van der Waals surface area contributed by atoms with Crippen LogP contribution >= 0.6 is 0 Å². The van der Waals surface area contributed by atoms with Gasteiger partial charge < -0.3 is 20.9 Å². The first kappa shape index (κ1) is 23.8. The average molecular weight is 469 g/mol. The van der Waals surface area contributed by atoms with Gasteiger partial charge in [0.2, 0.25) is 11.8 Å². The highest BCUT2D eigenvalue weighted by Crippen LogP contribution is 2.22. The summed E-state index contributed by atoms with van der Waals surface area (Å²) >= 11 is 0. The number of nitrogens with zero attached hydrogens (tertiary/aromatic N) is 1. The normalized spacial score (nSPS) is 13.2. The Bertz CT molecular complexity index is 1250. The van der Waals surface area contributed by atoms with Gasteiger partial charge in [-0.3, -0.25) is 9.59 Å². The SMILES string of the molecule is Cc1cccc(NC(=O)Nc2cccc(CNC(=O)/C=C/c3ccc(N4CCCC4=O)cc3)c2)c1. The molecule has 0 spiro atoms. The monoisotopic (exact) mass is 468 g/mol. The first-order valence-electron chi connectivity index (χ1n) is 11.6. The highest BCUT2D eigenvalue weighted by atomic mass is 16.2. The van der Waals surface area contributed by atoms with Gasteiger partial charge in [-0.2, -0.15) is 0 Å². The van der Waals surface area contributed by atoms with Gasteiger partial charge in [0.1, 0.15) is 0 Å². The van der Waals surface area contributed by atoms with Crippen molar-refractivity contribution in [3.05, 3.63) is 95.6 Å². The van der Waals surface area contributed by atoms with Crippen molar-refractivity contribution in [2.24, 2.45) is 0 Å². The van der Waals surface area contributed by atoms with E-state index in [9.17, 15) is 14.4 Å². The summed E-state index contributed by atoms with van der Waals surface area (Å²) in [7, 11) is 0. The van der Waals surface area contributed by atoms with E-state index in [2.05, 4.69) is 16.0 Å². The lowest BCUT2D eigenvalue weighted by molar-refractivity contribution is -0.117. The molecule has 1 fully saturated rings. The van der Waals surface area contributed by atoms with Crippen LogP contribution in [0.3, 0.4) is 0 Å². The molecule has 1 aliphatic heterocycles. The summed E-state index contributed by atoms with van der Waals surface area (Å²) in [5, 5.41) is 8.47. The predicted octanol–water partition coefficient (Wildman–Crippen LogP) is 5.10. The van der Waals surface area contributed by atoms with Gasteiger partial charge in [0.05, 0.1) is 0 Å². The second kappa shape index (κ2) is 11.2. The summed E-state index contributed by atoms with van der Waals surface area (Å²) in [5.74, 6) is -0.0711. The van der Waals surface area contributed by atoms with Crippen LogP contribution in [-0.4, -0.2) is 24.4 Å². The molecule has 3 aromatic rings. The number of rotatable bonds is 7. The van der Waals surface area contributed by atoms with E-state index < -0.39 is 0 Å². The van der Waals surface area contributed by atoms with Crippen molar-refractivity contribution < 1.29 is 14.4 Å². The number of amides is 4. The maximum absolute atomic E-state index is 12.3. The van der Waals surface area contributed by atoms with Crippen LogP contribution in [0.15, 0.2) is 78.9 Å². The Morgan fingerprint density at radius 1 is 0.943 bits per heavy atom. The van der Waals surface area contributed by atoms with E-state index in [1.54, 1.807) is 17.0 Å². The summed E-state index contributed by atoms with van der Waals surface area (Å²) < 4.78 is 0. The fourth-order valence-electron chi connectivity index (χ4n) is 3.88. The Hall–Kier alpha value is -4.39. The van der Waals surface area contributed by atoms with E-state index in [4.69, 9.17) is 0 Å². The molecular weight excluding hydrogens is 440 g/mol. The largest absolute Gasteiger partial charge is 0.348 e. The molecule has 7 nitrogen and oxygen atoms in total. The van der Waals surface area contributed by atoms with Crippen LogP contribution in [0.2, 0.25) is 0 Å². The van der Waals surface area contributed by atoms with E-state index >= 15 is 0 Å². The second-order valence-corrected chi connectivity index (χ2v) is 8.44. The van der Waals surface area contributed by atoms with Crippen molar-refractivity contribution in [1.29, 1.82) is 0 Å². The summed E-state index contributed by atoms with van der Waals surface area (Å²) in [4.78, 5) is 38.2. The van der Waals surface area contributed by atoms with Gasteiger partial charge in [-0.15, -0.1) is 0 Å². The lowest BCUT2D eigenvalue weighted by Gasteiger charge is -2.15. The lowest BCUT2D eigenvalue weighted by atomic mass is 10.1. The zero-order chi connectivity index (χ0) is 24.6. The number of urea groups is 1. The number of hydrogen-bond acceptors (Lipinski definition) is 3. The Kier molecular flexibility index (Phi) is 7.57. The van der Waals surface area contributed by atoms with E-state index in [0.29, 0.717) is 18.7 Å². The molecule has 0 atom stereocenters. The number of nitrogens with one attached hydrogen (secondary N) is 3. The number of aryl methyl sites for hydroxylation is 1. The van der Waals surface area contributed by atoms with E-state index in [1.807, 2.05) is 73.7 Å². The number of anilines is 3. The topological polar surface area (TPSA) is 90.5 Å². The molecule has 0 radical (unpaired) electrons. The highest BCUT2D eigenvalue weighted by molar-refractivity contribution is 6.00. The molecule has 35 heavy (non-hydrogen) atoms. The van der Waals surface area contributed by atoms with Crippen LogP contribution in [0, 0.1) is 6.92 Å². The fraction of sp³-hybridized carbons (Fsp3) is 0.179. The first-order chi connectivity index (χ1) is 17.0. The van der Waals surface area contributed by atoms with Crippen LogP contribution in [0.25, 0.3) is 6.08 Å². The Balaban J connectivity index is 1.26. The molecule has 4 amide bonds. The van der Waals surface area contributed by atoms with Crippen molar-refractivity contribution in [2.75, 3.05) is 22.1 Å². The van der Waals surface area contributed by atoms with Gasteiger partial charge >= 0.3 is 6.03 Å². The van der Waals surface area contributed by atoms with Crippen molar-refractivity contribution >= 4 is 41.0 Å². The Labute approximate surface area is 204 Å². The highest BCUT2D eigenvalue weighted by Gasteiger charge is 2.21. The molecule has 1 saturated heterocycles. The van der Waals surface area contributed by atoms with Crippen molar-refractivity contribution in [3.63, 3.8) is 0 Å². The number of hydrogen-bond donors (Lipinski definition) is 3.